The van der Waals surface area contributed by atoms with E-state index in [0.29, 0.717) is 18.2 Å². The second-order valence-corrected chi connectivity index (χ2v) is 6.42. The van der Waals surface area contributed by atoms with Crippen LogP contribution in [0.5, 0.6) is 0 Å². The minimum absolute atomic E-state index is 0.0731. The maximum atomic E-state index is 11.8. The second kappa shape index (κ2) is 7.55. The number of anilines is 2. The van der Waals surface area contributed by atoms with Crippen LogP contribution < -0.4 is 11.1 Å². The van der Waals surface area contributed by atoms with Crippen LogP contribution in [0.4, 0.5) is 11.4 Å². The third kappa shape index (κ3) is 4.72. The lowest BCUT2D eigenvalue weighted by Crippen LogP contribution is -2.32. The number of hydrogen-bond donors (Lipinski definition) is 2. The molecule has 0 aliphatic carbocycles. The number of nitrogens with zero attached hydrogens (tertiary/aromatic N) is 1. The van der Waals surface area contributed by atoms with Gasteiger partial charge < -0.3 is 16.0 Å². The SMILES string of the molecule is CN(CCCC(=O)Nc1ccc(N)cc1)C1CCSC1. The molecule has 110 valence electrons. The van der Waals surface area contributed by atoms with E-state index in [0.717, 1.165) is 18.7 Å². The zero-order valence-electron chi connectivity index (χ0n) is 12.0. The highest BCUT2D eigenvalue weighted by atomic mass is 32.2. The van der Waals surface area contributed by atoms with Crippen LogP contribution in [0.1, 0.15) is 19.3 Å². The van der Waals surface area contributed by atoms with Gasteiger partial charge in [-0.05, 0) is 56.5 Å². The fraction of sp³-hybridized carbons (Fsp3) is 0.533. The molecule has 5 heteroatoms. The first-order valence-electron chi connectivity index (χ1n) is 7.08. The van der Waals surface area contributed by atoms with Crippen LogP contribution in [-0.4, -0.2) is 41.9 Å². The largest absolute Gasteiger partial charge is 0.399 e. The van der Waals surface area contributed by atoms with Gasteiger partial charge in [0.05, 0.1) is 0 Å². The lowest BCUT2D eigenvalue weighted by atomic mass is 10.2. The molecule has 1 amide bonds. The molecular weight excluding hydrogens is 270 g/mol. The Labute approximate surface area is 125 Å². The average molecular weight is 293 g/mol. The molecule has 1 unspecified atom stereocenters. The molecule has 4 nitrogen and oxygen atoms in total. The molecule has 1 fully saturated rings. The molecule has 0 bridgehead atoms. The van der Waals surface area contributed by atoms with Gasteiger partial charge in [0, 0.05) is 29.6 Å². The summed E-state index contributed by atoms with van der Waals surface area (Å²) in [4.78, 5) is 14.2. The molecule has 1 aliphatic rings. The highest BCUT2D eigenvalue weighted by Crippen LogP contribution is 2.21. The Hall–Kier alpha value is -1.20. The summed E-state index contributed by atoms with van der Waals surface area (Å²) in [7, 11) is 2.16. The molecule has 1 atom stereocenters. The first kappa shape index (κ1) is 15.2. The molecule has 0 saturated carbocycles. The van der Waals surface area contributed by atoms with Gasteiger partial charge in [-0.3, -0.25) is 4.79 Å². The molecule has 1 aliphatic heterocycles. The summed E-state index contributed by atoms with van der Waals surface area (Å²) in [5, 5.41) is 2.90. The van der Waals surface area contributed by atoms with Gasteiger partial charge in [-0.2, -0.15) is 11.8 Å². The third-order valence-electron chi connectivity index (χ3n) is 3.64. The second-order valence-electron chi connectivity index (χ2n) is 5.27. The van der Waals surface area contributed by atoms with Gasteiger partial charge >= 0.3 is 0 Å². The van der Waals surface area contributed by atoms with Crippen LogP contribution in [0.15, 0.2) is 24.3 Å². The van der Waals surface area contributed by atoms with Crippen molar-refractivity contribution in [3.05, 3.63) is 24.3 Å². The molecular formula is C15H23N3OS. The molecule has 0 radical (unpaired) electrons. The summed E-state index contributed by atoms with van der Waals surface area (Å²) in [5.41, 5.74) is 7.13. The van der Waals surface area contributed by atoms with E-state index in [9.17, 15) is 4.79 Å². The van der Waals surface area contributed by atoms with Crippen LogP contribution in [0.25, 0.3) is 0 Å². The Morgan fingerprint density at radius 2 is 2.20 bits per heavy atom. The van der Waals surface area contributed by atoms with Crippen molar-refractivity contribution in [3.63, 3.8) is 0 Å². The Kier molecular flexibility index (Phi) is 5.73. The van der Waals surface area contributed by atoms with Crippen molar-refractivity contribution in [3.8, 4) is 0 Å². The van der Waals surface area contributed by atoms with Gasteiger partial charge in [0.25, 0.3) is 0 Å². The number of benzene rings is 1. The van der Waals surface area contributed by atoms with Crippen molar-refractivity contribution in [2.24, 2.45) is 0 Å². The smallest absolute Gasteiger partial charge is 0.224 e. The summed E-state index contributed by atoms with van der Waals surface area (Å²) >= 11 is 2.02. The van der Waals surface area contributed by atoms with Crippen molar-refractivity contribution in [1.29, 1.82) is 0 Å². The van der Waals surface area contributed by atoms with Crippen LogP contribution in [-0.2, 0) is 4.79 Å². The zero-order chi connectivity index (χ0) is 14.4. The highest BCUT2D eigenvalue weighted by Gasteiger charge is 2.19. The molecule has 20 heavy (non-hydrogen) atoms. The number of amides is 1. The van der Waals surface area contributed by atoms with Gasteiger partial charge in [0.1, 0.15) is 0 Å². The van der Waals surface area contributed by atoms with Crippen molar-refractivity contribution >= 4 is 29.0 Å². The Balaban J connectivity index is 1.65. The predicted molar refractivity (Wildman–Crippen MR) is 87.1 cm³/mol. The van der Waals surface area contributed by atoms with Crippen LogP contribution in [0.2, 0.25) is 0 Å². The maximum Gasteiger partial charge on any atom is 0.224 e. The third-order valence-corrected chi connectivity index (χ3v) is 4.78. The molecule has 1 heterocycles. The zero-order valence-corrected chi connectivity index (χ0v) is 12.8. The van der Waals surface area contributed by atoms with Gasteiger partial charge in [-0.15, -0.1) is 0 Å². The normalized spacial score (nSPS) is 18.4. The van der Waals surface area contributed by atoms with Crippen molar-refractivity contribution in [2.45, 2.75) is 25.3 Å². The van der Waals surface area contributed by atoms with E-state index in [1.165, 1.54) is 17.9 Å². The topological polar surface area (TPSA) is 58.4 Å². The standard InChI is InChI=1S/C15H23N3OS/c1-18(14-8-10-20-11-14)9-2-3-15(19)17-13-6-4-12(16)5-7-13/h4-7,14H,2-3,8-11,16H2,1H3,(H,17,19). The monoisotopic (exact) mass is 293 g/mol. The quantitative estimate of drug-likeness (QED) is 0.791. The Morgan fingerprint density at radius 1 is 1.45 bits per heavy atom. The number of hydrogen-bond acceptors (Lipinski definition) is 4. The van der Waals surface area contributed by atoms with Gasteiger partial charge in [0.2, 0.25) is 5.91 Å². The number of nitrogens with two attached hydrogens (primary N) is 1. The van der Waals surface area contributed by atoms with Crippen LogP contribution >= 0.6 is 11.8 Å². The van der Waals surface area contributed by atoms with Gasteiger partial charge in [-0.1, -0.05) is 0 Å². The van der Waals surface area contributed by atoms with E-state index in [4.69, 9.17) is 5.73 Å². The molecule has 0 aromatic heterocycles. The Bertz CT molecular complexity index is 429. The minimum Gasteiger partial charge on any atom is -0.399 e. The number of carbonyl (C=O) groups is 1. The van der Waals surface area contributed by atoms with Gasteiger partial charge in [0.15, 0.2) is 0 Å². The predicted octanol–water partition coefficient (Wildman–Crippen LogP) is 2.42. The maximum absolute atomic E-state index is 11.8. The number of rotatable bonds is 6. The van der Waals surface area contributed by atoms with Crippen LogP contribution in [0, 0.1) is 0 Å². The summed E-state index contributed by atoms with van der Waals surface area (Å²) in [6.07, 6.45) is 2.74. The fourth-order valence-electron chi connectivity index (χ4n) is 2.33. The summed E-state index contributed by atoms with van der Waals surface area (Å²) in [5.74, 6) is 2.57. The first-order valence-corrected chi connectivity index (χ1v) is 8.24. The molecule has 3 N–H and O–H groups in total. The first-order chi connectivity index (χ1) is 9.65. The van der Waals surface area contributed by atoms with E-state index in [2.05, 4.69) is 17.3 Å². The number of carbonyl (C=O) groups excluding carboxylic acids is 1. The number of thioether (sulfide) groups is 1. The van der Waals surface area contributed by atoms with E-state index in [1.54, 1.807) is 12.1 Å². The van der Waals surface area contributed by atoms with Crippen molar-refractivity contribution < 1.29 is 4.79 Å². The van der Waals surface area contributed by atoms with E-state index >= 15 is 0 Å². The lowest BCUT2D eigenvalue weighted by molar-refractivity contribution is -0.116. The van der Waals surface area contributed by atoms with E-state index in [1.807, 2.05) is 23.9 Å². The average Bonchev–Trinajstić information content (AvgIpc) is 2.95. The van der Waals surface area contributed by atoms with Crippen molar-refractivity contribution in [2.75, 3.05) is 36.1 Å². The molecule has 1 aromatic carbocycles. The highest BCUT2D eigenvalue weighted by molar-refractivity contribution is 7.99. The van der Waals surface area contributed by atoms with E-state index < -0.39 is 0 Å². The number of nitrogens with one attached hydrogen (secondary N) is 1. The summed E-state index contributed by atoms with van der Waals surface area (Å²) in [6, 6.07) is 7.94. The van der Waals surface area contributed by atoms with Gasteiger partial charge in [-0.25, -0.2) is 0 Å². The molecule has 2 rings (SSSR count). The Morgan fingerprint density at radius 3 is 2.85 bits per heavy atom. The molecule has 1 aromatic rings. The molecule has 1 saturated heterocycles. The fourth-order valence-corrected chi connectivity index (χ4v) is 3.63. The lowest BCUT2D eigenvalue weighted by Gasteiger charge is -2.23. The van der Waals surface area contributed by atoms with Crippen molar-refractivity contribution in [1.82, 2.24) is 4.90 Å². The summed E-state index contributed by atoms with van der Waals surface area (Å²) in [6.45, 7) is 0.986. The van der Waals surface area contributed by atoms with E-state index in [-0.39, 0.29) is 5.91 Å². The van der Waals surface area contributed by atoms with Crippen LogP contribution in [0.3, 0.4) is 0 Å². The number of nitrogen functional groups attached to an aromatic ring is 1. The molecule has 0 spiro atoms. The minimum atomic E-state index is 0.0731. The summed E-state index contributed by atoms with van der Waals surface area (Å²) < 4.78 is 0.